The van der Waals surface area contributed by atoms with Crippen molar-refractivity contribution in [1.29, 1.82) is 0 Å². The van der Waals surface area contributed by atoms with Crippen molar-refractivity contribution < 1.29 is 28.2 Å². The third kappa shape index (κ3) is 7.70. The minimum Gasteiger partial charge on any atom is -0.490 e. The van der Waals surface area contributed by atoms with E-state index in [0.717, 1.165) is 33.9 Å². The van der Waals surface area contributed by atoms with Crippen LogP contribution in [0.2, 0.25) is 10.0 Å². The number of imide groups is 1. The van der Waals surface area contributed by atoms with Gasteiger partial charge in [-0.05, 0) is 84.8 Å². The Morgan fingerprint density at radius 3 is 2.61 bits per heavy atom. The molecule has 4 rings (SSSR count). The van der Waals surface area contributed by atoms with Crippen molar-refractivity contribution in [2.75, 3.05) is 18.5 Å². The van der Waals surface area contributed by atoms with Crippen molar-refractivity contribution in [3.05, 3.63) is 105 Å². The second-order valence-corrected chi connectivity index (χ2v) is 10.6. The predicted molar refractivity (Wildman–Crippen MR) is 160 cm³/mol. The van der Waals surface area contributed by atoms with Gasteiger partial charge in [0.25, 0.3) is 11.1 Å². The fourth-order valence-corrected chi connectivity index (χ4v) is 5.14. The highest BCUT2D eigenvalue weighted by Crippen LogP contribution is 2.38. The summed E-state index contributed by atoms with van der Waals surface area (Å²) in [6.07, 6.45) is 3.72. The lowest BCUT2D eigenvalue weighted by Gasteiger charge is -2.17. The van der Waals surface area contributed by atoms with Gasteiger partial charge in [-0.2, -0.15) is 0 Å². The van der Waals surface area contributed by atoms with Crippen LogP contribution < -0.4 is 14.8 Å². The lowest BCUT2D eigenvalue weighted by molar-refractivity contribution is -0.127. The molecular weight excluding hydrogens is 590 g/mol. The van der Waals surface area contributed by atoms with Gasteiger partial charge in [-0.1, -0.05) is 41.4 Å². The number of ether oxygens (including phenoxy) is 2. The molecule has 1 fully saturated rings. The highest BCUT2D eigenvalue weighted by molar-refractivity contribution is 8.18. The van der Waals surface area contributed by atoms with Crippen molar-refractivity contribution in [2.45, 2.75) is 20.0 Å². The maximum atomic E-state index is 13.4. The molecule has 0 atom stereocenters. The van der Waals surface area contributed by atoms with Crippen LogP contribution in [-0.4, -0.2) is 35.1 Å². The summed E-state index contributed by atoms with van der Waals surface area (Å²) in [4.78, 5) is 39.1. The monoisotopic (exact) mass is 614 g/mol. The van der Waals surface area contributed by atoms with Crippen molar-refractivity contribution in [3.63, 3.8) is 0 Å². The van der Waals surface area contributed by atoms with E-state index in [2.05, 4.69) is 11.9 Å². The number of benzene rings is 3. The summed E-state index contributed by atoms with van der Waals surface area (Å²) < 4.78 is 25.4. The van der Waals surface area contributed by atoms with Gasteiger partial charge in [0.2, 0.25) is 5.91 Å². The SMILES string of the molecule is C=CCc1cc(/C=C2/SC(=O)N(CC(=O)Nc3cccc(F)c3)C2=O)cc(OCC)c1OCc1ccc(Cl)c(Cl)c1. The number of halogens is 3. The van der Waals surface area contributed by atoms with Crippen molar-refractivity contribution in [3.8, 4) is 11.5 Å². The van der Waals surface area contributed by atoms with E-state index >= 15 is 0 Å². The predicted octanol–water partition coefficient (Wildman–Crippen LogP) is 7.51. The average Bonchev–Trinajstić information content (AvgIpc) is 3.17. The number of carbonyl (C=O) groups excluding carboxylic acids is 3. The van der Waals surface area contributed by atoms with E-state index in [1.54, 1.807) is 30.4 Å². The Balaban J connectivity index is 1.55. The zero-order valence-corrected chi connectivity index (χ0v) is 24.2. The third-order valence-corrected chi connectivity index (χ3v) is 7.41. The van der Waals surface area contributed by atoms with E-state index in [1.807, 2.05) is 19.1 Å². The Labute approximate surface area is 250 Å². The number of rotatable bonds is 11. The molecule has 212 valence electrons. The standard InChI is InChI=1S/C30H25Cl2FN2O5S/c1-3-6-20-11-19(13-25(39-4-2)28(20)40-17-18-9-10-23(31)24(32)12-18)14-26-29(37)35(30(38)41-26)16-27(36)34-22-8-5-7-21(33)15-22/h3,5,7-15H,1,4,6,16-17H2,2H3,(H,34,36)/b26-14+. The molecule has 1 N–H and O–H groups in total. The maximum absolute atomic E-state index is 13.4. The number of nitrogens with one attached hydrogen (secondary N) is 1. The molecule has 0 aromatic heterocycles. The van der Waals surface area contributed by atoms with Gasteiger partial charge in [0.05, 0.1) is 21.6 Å². The minimum absolute atomic E-state index is 0.144. The van der Waals surface area contributed by atoms with E-state index in [4.69, 9.17) is 32.7 Å². The maximum Gasteiger partial charge on any atom is 0.294 e. The topological polar surface area (TPSA) is 84.9 Å². The fourth-order valence-electron chi connectivity index (χ4n) is 3.98. The smallest absolute Gasteiger partial charge is 0.294 e. The van der Waals surface area contributed by atoms with Gasteiger partial charge in [0.1, 0.15) is 19.0 Å². The van der Waals surface area contributed by atoms with E-state index in [-0.39, 0.29) is 17.2 Å². The Morgan fingerprint density at radius 2 is 1.90 bits per heavy atom. The lowest BCUT2D eigenvalue weighted by Crippen LogP contribution is -2.36. The van der Waals surface area contributed by atoms with Gasteiger partial charge in [-0.3, -0.25) is 19.3 Å². The van der Waals surface area contributed by atoms with Crippen LogP contribution in [0.1, 0.15) is 23.6 Å². The number of amides is 3. The first-order valence-corrected chi connectivity index (χ1v) is 14.0. The number of carbonyl (C=O) groups is 3. The lowest BCUT2D eigenvalue weighted by atomic mass is 10.0. The molecule has 1 aliphatic heterocycles. The molecule has 41 heavy (non-hydrogen) atoms. The zero-order valence-electron chi connectivity index (χ0n) is 21.9. The zero-order chi connectivity index (χ0) is 29.5. The molecule has 1 saturated heterocycles. The molecule has 3 aromatic rings. The highest BCUT2D eigenvalue weighted by atomic mass is 35.5. The molecule has 0 spiro atoms. The minimum atomic E-state index is -0.630. The normalized spacial score (nSPS) is 14.0. The van der Waals surface area contributed by atoms with Crippen molar-refractivity contribution in [1.82, 2.24) is 4.90 Å². The molecular formula is C30H25Cl2FN2O5S. The number of hydrogen-bond donors (Lipinski definition) is 1. The quantitative estimate of drug-likeness (QED) is 0.178. The van der Waals surface area contributed by atoms with E-state index in [9.17, 15) is 18.8 Å². The summed E-state index contributed by atoms with van der Waals surface area (Å²) in [6, 6.07) is 14.1. The highest BCUT2D eigenvalue weighted by Gasteiger charge is 2.36. The number of anilines is 1. The van der Waals surface area contributed by atoms with Gasteiger partial charge < -0.3 is 14.8 Å². The van der Waals surface area contributed by atoms with Crippen LogP contribution in [0.15, 0.2) is 72.2 Å². The van der Waals surface area contributed by atoms with Crippen LogP contribution in [0.5, 0.6) is 11.5 Å². The van der Waals surface area contributed by atoms with E-state index in [1.165, 1.54) is 18.2 Å². The Bertz CT molecular complexity index is 1550. The summed E-state index contributed by atoms with van der Waals surface area (Å²) >= 11 is 12.9. The molecule has 7 nitrogen and oxygen atoms in total. The van der Waals surface area contributed by atoms with Crippen LogP contribution in [0, 0.1) is 5.82 Å². The average molecular weight is 616 g/mol. The van der Waals surface area contributed by atoms with Gasteiger partial charge in [-0.15, -0.1) is 6.58 Å². The van der Waals surface area contributed by atoms with Crippen LogP contribution in [0.4, 0.5) is 14.9 Å². The first-order chi connectivity index (χ1) is 19.7. The molecule has 3 amide bonds. The van der Waals surface area contributed by atoms with Crippen LogP contribution >= 0.6 is 35.0 Å². The van der Waals surface area contributed by atoms with Gasteiger partial charge >= 0.3 is 0 Å². The number of thioether (sulfide) groups is 1. The second-order valence-electron chi connectivity index (χ2n) is 8.80. The molecule has 0 unspecified atom stereocenters. The largest absolute Gasteiger partial charge is 0.490 e. The van der Waals surface area contributed by atoms with Gasteiger partial charge in [-0.25, -0.2) is 4.39 Å². The first kappa shape index (κ1) is 30.2. The van der Waals surface area contributed by atoms with Crippen LogP contribution in [0.3, 0.4) is 0 Å². The molecule has 0 radical (unpaired) electrons. The van der Waals surface area contributed by atoms with Crippen molar-refractivity contribution >= 4 is 63.8 Å². The molecule has 0 aliphatic carbocycles. The Kier molecular flexibility index (Phi) is 10.1. The Morgan fingerprint density at radius 1 is 1.10 bits per heavy atom. The molecule has 1 heterocycles. The first-order valence-electron chi connectivity index (χ1n) is 12.5. The van der Waals surface area contributed by atoms with E-state index < -0.39 is 29.4 Å². The summed E-state index contributed by atoms with van der Waals surface area (Å²) in [7, 11) is 0. The summed E-state index contributed by atoms with van der Waals surface area (Å²) in [5.41, 5.74) is 2.38. The van der Waals surface area contributed by atoms with Crippen LogP contribution in [-0.2, 0) is 22.6 Å². The van der Waals surface area contributed by atoms with Gasteiger partial charge in [0, 0.05) is 11.3 Å². The Hall–Kier alpha value is -3.79. The van der Waals surface area contributed by atoms with Crippen molar-refractivity contribution in [2.24, 2.45) is 0 Å². The fraction of sp³-hybridized carbons (Fsp3) is 0.167. The van der Waals surface area contributed by atoms with E-state index in [0.29, 0.717) is 40.1 Å². The van der Waals surface area contributed by atoms with Crippen LogP contribution in [0.25, 0.3) is 6.08 Å². The molecule has 0 bridgehead atoms. The molecule has 3 aromatic carbocycles. The molecule has 11 heteroatoms. The molecule has 0 saturated carbocycles. The third-order valence-electron chi connectivity index (χ3n) is 5.77. The molecule has 1 aliphatic rings. The summed E-state index contributed by atoms with van der Waals surface area (Å²) in [6.45, 7) is 5.72. The second kappa shape index (κ2) is 13.7. The summed E-state index contributed by atoms with van der Waals surface area (Å²) in [5, 5.41) is 2.76. The summed E-state index contributed by atoms with van der Waals surface area (Å²) in [5.74, 6) is -0.805. The number of hydrogen-bond acceptors (Lipinski definition) is 6. The van der Waals surface area contributed by atoms with Gasteiger partial charge in [0.15, 0.2) is 11.5 Å². The number of allylic oxidation sites excluding steroid dienone is 1. The number of nitrogens with zero attached hydrogens (tertiary/aromatic N) is 1.